The Morgan fingerprint density at radius 2 is 1.11 bits per heavy atom. The van der Waals surface area contributed by atoms with Gasteiger partial charge < -0.3 is 11.3 Å². The minimum atomic E-state index is -1.25. The van der Waals surface area contributed by atoms with Crippen molar-refractivity contribution in [2.45, 2.75) is 110 Å². The van der Waals surface area contributed by atoms with Crippen LogP contribution in [0.15, 0.2) is 12.2 Å². The van der Waals surface area contributed by atoms with Crippen molar-refractivity contribution in [2.75, 3.05) is 0 Å². The van der Waals surface area contributed by atoms with Crippen LogP contribution in [0.1, 0.15) is 111 Å². The molecule has 5 nitrogen and oxygen atoms in total. The molecule has 0 amide bonds. The van der Waals surface area contributed by atoms with Crippen molar-refractivity contribution >= 4 is 17.9 Å². The van der Waals surface area contributed by atoms with Crippen molar-refractivity contribution in [2.24, 2.45) is 0 Å². The quantitative estimate of drug-likeness (QED) is 0.124. The first-order valence-electron chi connectivity index (χ1n) is 10.7. The Bertz CT molecular complexity index is 441. The SMILES string of the molecule is CCCCCCCCCCCCCCCCCC(=O)OC(=O)/C=C/C(=O)O.[H-].[Na+]. The summed E-state index contributed by atoms with van der Waals surface area (Å²) in [5, 5.41) is 8.37. The topological polar surface area (TPSA) is 80.7 Å². The molecule has 0 heterocycles. The van der Waals surface area contributed by atoms with Gasteiger partial charge in [0.05, 0.1) is 0 Å². The molecule has 0 aromatic heterocycles. The van der Waals surface area contributed by atoms with E-state index in [-0.39, 0.29) is 37.4 Å². The second-order valence-electron chi connectivity index (χ2n) is 7.16. The molecule has 0 aliphatic rings. The molecule has 1 N–H and O–H groups in total. The van der Waals surface area contributed by atoms with Gasteiger partial charge in [-0.1, -0.05) is 96.8 Å². The second-order valence-corrected chi connectivity index (χ2v) is 7.16. The van der Waals surface area contributed by atoms with Crippen LogP contribution < -0.4 is 29.6 Å². The van der Waals surface area contributed by atoms with Gasteiger partial charge in [0.15, 0.2) is 0 Å². The number of esters is 2. The summed E-state index contributed by atoms with van der Waals surface area (Å²) < 4.78 is 4.49. The van der Waals surface area contributed by atoms with E-state index >= 15 is 0 Å². The fraction of sp³-hybridized carbons (Fsp3) is 0.773. The summed E-state index contributed by atoms with van der Waals surface area (Å²) in [5.41, 5.74) is 0. The Kier molecular flexibility index (Phi) is 23.9. The maximum absolute atomic E-state index is 11.4. The summed E-state index contributed by atoms with van der Waals surface area (Å²) >= 11 is 0. The summed E-state index contributed by atoms with van der Waals surface area (Å²) in [6.45, 7) is 2.25. The van der Waals surface area contributed by atoms with Crippen LogP contribution in [-0.4, -0.2) is 23.0 Å². The van der Waals surface area contributed by atoms with E-state index < -0.39 is 17.9 Å². The Labute approximate surface area is 194 Å². The third-order valence-corrected chi connectivity index (χ3v) is 4.56. The number of rotatable bonds is 18. The van der Waals surface area contributed by atoms with Crippen molar-refractivity contribution in [1.29, 1.82) is 0 Å². The van der Waals surface area contributed by atoms with Gasteiger partial charge in [0.1, 0.15) is 0 Å². The fourth-order valence-electron chi connectivity index (χ4n) is 2.98. The second kappa shape index (κ2) is 22.6. The van der Waals surface area contributed by atoms with Gasteiger partial charge in [-0.3, -0.25) is 4.79 Å². The molecule has 0 rings (SSSR count). The summed E-state index contributed by atoms with van der Waals surface area (Å²) in [4.78, 5) is 32.8. The van der Waals surface area contributed by atoms with Crippen LogP contribution in [0.3, 0.4) is 0 Å². The zero-order valence-corrected chi connectivity index (χ0v) is 20.0. The van der Waals surface area contributed by atoms with Crippen LogP contribution in [0.2, 0.25) is 0 Å². The average molecular weight is 407 g/mol. The van der Waals surface area contributed by atoms with Crippen molar-refractivity contribution in [3.8, 4) is 0 Å². The van der Waals surface area contributed by atoms with Gasteiger partial charge in [0.25, 0.3) is 0 Å². The maximum Gasteiger partial charge on any atom is 1.00 e. The third kappa shape index (κ3) is 23.4. The van der Waals surface area contributed by atoms with Crippen molar-refractivity contribution in [1.82, 2.24) is 0 Å². The molecule has 0 unspecified atom stereocenters. The molecule has 0 bridgehead atoms. The van der Waals surface area contributed by atoms with Crippen molar-refractivity contribution < 1.29 is 55.2 Å². The van der Waals surface area contributed by atoms with E-state index in [9.17, 15) is 14.4 Å². The maximum atomic E-state index is 11.4. The Morgan fingerprint density at radius 3 is 1.50 bits per heavy atom. The molecule has 0 spiro atoms. The van der Waals surface area contributed by atoms with E-state index in [0.717, 1.165) is 18.9 Å². The first kappa shape index (κ1) is 29.6. The van der Waals surface area contributed by atoms with Crippen molar-refractivity contribution in [3.63, 3.8) is 0 Å². The zero-order chi connectivity index (χ0) is 20.2. The van der Waals surface area contributed by atoms with Crippen LogP contribution in [0.25, 0.3) is 0 Å². The van der Waals surface area contributed by atoms with Gasteiger partial charge in [-0.05, 0) is 6.42 Å². The van der Waals surface area contributed by atoms with E-state index in [2.05, 4.69) is 11.7 Å². The molecule has 158 valence electrons. The van der Waals surface area contributed by atoms with Crippen LogP contribution in [-0.2, 0) is 19.1 Å². The van der Waals surface area contributed by atoms with E-state index in [0.29, 0.717) is 12.5 Å². The zero-order valence-electron chi connectivity index (χ0n) is 19.0. The molecule has 0 aliphatic carbocycles. The number of hydrogen-bond acceptors (Lipinski definition) is 4. The van der Waals surface area contributed by atoms with Gasteiger partial charge in [0.2, 0.25) is 0 Å². The average Bonchev–Trinajstić information content (AvgIpc) is 2.63. The monoisotopic (exact) mass is 406 g/mol. The molecule has 0 saturated carbocycles. The Hall–Kier alpha value is -0.650. The largest absolute Gasteiger partial charge is 1.00 e. The predicted molar refractivity (Wildman–Crippen MR) is 109 cm³/mol. The van der Waals surface area contributed by atoms with Gasteiger partial charge in [0, 0.05) is 18.6 Å². The molecule has 0 saturated heterocycles. The van der Waals surface area contributed by atoms with Crippen molar-refractivity contribution in [3.05, 3.63) is 12.2 Å². The Balaban J connectivity index is -0.00000338. The van der Waals surface area contributed by atoms with Gasteiger partial charge >= 0.3 is 47.5 Å². The molecule has 0 aromatic rings. The number of carbonyl (C=O) groups excluding carboxylic acids is 2. The number of carboxylic acids is 1. The number of ether oxygens (including phenoxy) is 1. The summed E-state index contributed by atoms with van der Waals surface area (Å²) in [6, 6.07) is 0. The number of carbonyl (C=O) groups is 3. The fourth-order valence-corrected chi connectivity index (χ4v) is 2.98. The Morgan fingerprint density at radius 1 is 0.714 bits per heavy atom. The van der Waals surface area contributed by atoms with Gasteiger partial charge in [-0.25, -0.2) is 9.59 Å². The first-order chi connectivity index (χ1) is 13.1. The summed E-state index contributed by atoms with van der Waals surface area (Å²) in [5.74, 6) is -2.77. The van der Waals surface area contributed by atoms with Crippen LogP contribution in [0.4, 0.5) is 0 Å². The molecule has 0 aliphatic heterocycles. The number of aliphatic carboxylic acids is 1. The molecular formula is C22H39NaO5. The van der Waals surface area contributed by atoms with E-state index in [1.54, 1.807) is 0 Å². The minimum absolute atomic E-state index is 0. The first-order valence-corrected chi connectivity index (χ1v) is 10.7. The number of unbranched alkanes of at least 4 members (excludes halogenated alkanes) is 14. The van der Waals surface area contributed by atoms with Crippen LogP contribution in [0, 0.1) is 0 Å². The smallest absolute Gasteiger partial charge is 1.00 e. The summed E-state index contributed by atoms with van der Waals surface area (Å²) in [6.07, 6.45) is 20.4. The van der Waals surface area contributed by atoms with Gasteiger partial charge in [-0.2, -0.15) is 0 Å². The molecule has 6 heteroatoms. The molecule has 0 aromatic carbocycles. The predicted octanol–water partition coefficient (Wildman–Crippen LogP) is 3.08. The molecule has 0 atom stereocenters. The third-order valence-electron chi connectivity index (χ3n) is 4.56. The summed E-state index contributed by atoms with van der Waals surface area (Å²) in [7, 11) is 0. The molecule has 28 heavy (non-hydrogen) atoms. The molecule has 0 fully saturated rings. The van der Waals surface area contributed by atoms with Crippen LogP contribution >= 0.6 is 0 Å². The standard InChI is InChI=1S/C22H38O5.Na.H/c1-2-3-4-5-6-7-8-9-10-11-12-13-14-15-16-17-21(25)27-22(26)19-18-20(23)24;;/h18-19H,2-17H2,1H3,(H,23,24);;/q;+1;-1/b19-18+;;. The minimum Gasteiger partial charge on any atom is -1.00 e. The van der Waals surface area contributed by atoms with E-state index in [4.69, 9.17) is 5.11 Å². The van der Waals surface area contributed by atoms with Gasteiger partial charge in [-0.15, -0.1) is 0 Å². The van der Waals surface area contributed by atoms with E-state index in [1.807, 2.05) is 0 Å². The number of hydrogen-bond donors (Lipinski definition) is 1. The van der Waals surface area contributed by atoms with E-state index in [1.165, 1.54) is 77.0 Å². The normalized spacial score (nSPS) is 10.6. The van der Waals surface area contributed by atoms with Crippen LogP contribution in [0.5, 0.6) is 0 Å². The molecule has 0 radical (unpaired) electrons. The number of carboxylic acid groups (broad SMARTS) is 1. The molecular weight excluding hydrogens is 367 g/mol.